The number of hydrogen-bond acceptors (Lipinski definition) is 6. The molecule has 0 radical (unpaired) electrons. The van der Waals surface area contributed by atoms with Crippen molar-refractivity contribution in [2.24, 2.45) is 0 Å². The minimum absolute atomic E-state index is 0.188. The van der Waals surface area contributed by atoms with Crippen molar-refractivity contribution < 1.29 is 18.3 Å². The lowest BCUT2D eigenvalue weighted by Crippen LogP contribution is -2.13. The maximum atomic E-state index is 11.8. The van der Waals surface area contributed by atoms with Crippen LogP contribution in [-0.4, -0.2) is 37.2 Å². The number of ether oxygens (including phenoxy) is 2. The van der Waals surface area contributed by atoms with E-state index in [1.807, 2.05) is 6.92 Å². The van der Waals surface area contributed by atoms with Gasteiger partial charge in [-0.05, 0) is 18.5 Å². The highest BCUT2D eigenvalue weighted by molar-refractivity contribution is 7.11. The summed E-state index contributed by atoms with van der Waals surface area (Å²) in [6, 6.07) is 0. The molecule has 98 valence electrons. The largest absolute Gasteiger partial charge is 0.487 e. The Kier molecular flexibility index (Phi) is 5.92. The molecule has 3 N–H and O–H groups in total. The highest BCUT2D eigenvalue weighted by Gasteiger charge is 2.11. The van der Waals surface area contributed by atoms with Gasteiger partial charge in [0.1, 0.15) is 6.61 Å². The third-order valence-electron chi connectivity index (χ3n) is 1.74. The predicted molar refractivity (Wildman–Crippen MR) is 63.0 cm³/mol. The van der Waals surface area contributed by atoms with E-state index < -0.39 is 13.0 Å². The Labute approximate surface area is 102 Å². The third-order valence-corrected chi connectivity index (χ3v) is 2.54. The number of rotatable bonds is 8. The summed E-state index contributed by atoms with van der Waals surface area (Å²) >= 11 is 1.17. The van der Waals surface area contributed by atoms with Crippen LogP contribution in [0.15, 0.2) is 0 Å². The van der Waals surface area contributed by atoms with Gasteiger partial charge < -0.3 is 20.5 Å². The molecule has 1 rings (SSSR count). The molecule has 0 amide bonds. The van der Waals surface area contributed by atoms with Crippen molar-refractivity contribution in [1.29, 1.82) is 0 Å². The number of nitrogen functional groups attached to an aromatic ring is 1. The zero-order valence-corrected chi connectivity index (χ0v) is 10.2. The van der Waals surface area contributed by atoms with Crippen molar-refractivity contribution in [3.8, 4) is 5.75 Å². The molecule has 0 aliphatic heterocycles. The summed E-state index contributed by atoms with van der Waals surface area (Å²) in [4.78, 5) is 0. The van der Waals surface area contributed by atoms with Crippen LogP contribution in [0.1, 0.15) is 6.92 Å². The van der Waals surface area contributed by atoms with Gasteiger partial charge in [-0.15, -0.1) is 0 Å². The van der Waals surface area contributed by atoms with Gasteiger partial charge in [-0.1, -0.05) is 0 Å². The third kappa shape index (κ3) is 4.70. The van der Waals surface area contributed by atoms with Crippen molar-refractivity contribution in [2.45, 2.75) is 13.3 Å². The first-order valence-electron chi connectivity index (χ1n) is 5.12. The van der Waals surface area contributed by atoms with Crippen molar-refractivity contribution in [3.05, 3.63) is 0 Å². The first-order chi connectivity index (χ1) is 8.15. The molecule has 1 aromatic rings. The molecule has 0 spiro atoms. The molecule has 0 fully saturated rings. The Morgan fingerprint density at radius 3 is 2.94 bits per heavy atom. The van der Waals surface area contributed by atoms with E-state index in [-0.39, 0.29) is 6.61 Å². The first kappa shape index (κ1) is 13.9. The molecule has 5 nitrogen and oxygen atoms in total. The lowest BCUT2D eigenvalue weighted by atomic mass is 10.5. The van der Waals surface area contributed by atoms with Crippen LogP contribution >= 0.6 is 11.5 Å². The fourth-order valence-electron chi connectivity index (χ4n) is 1.10. The second kappa shape index (κ2) is 7.23. The van der Waals surface area contributed by atoms with E-state index >= 15 is 0 Å². The van der Waals surface area contributed by atoms with Gasteiger partial charge in [0.15, 0.2) is 16.6 Å². The number of alkyl halides is 2. The van der Waals surface area contributed by atoms with Gasteiger partial charge in [0.2, 0.25) is 0 Å². The van der Waals surface area contributed by atoms with Crippen LogP contribution in [0, 0.1) is 0 Å². The molecule has 0 saturated carbocycles. The molecule has 0 bridgehead atoms. The number of halogens is 2. The van der Waals surface area contributed by atoms with Crippen molar-refractivity contribution in [1.82, 2.24) is 4.37 Å². The summed E-state index contributed by atoms with van der Waals surface area (Å²) in [6.07, 6.45) is -2.44. The summed E-state index contributed by atoms with van der Waals surface area (Å²) in [5.74, 6) is 0.833. The Balaban J connectivity index is 2.31. The topological polar surface area (TPSA) is 69.4 Å². The molecule has 8 heteroatoms. The normalized spacial score (nSPS) is 10.8. The highest BCUT2D eigenvalue weighted by atomic mass is 32.1. The van der Waals surface area contributed by atoms with E-state index in [4.69, 9.17) is 15.2 Å². The Morgan fingerprint density at radius 1 is 1.53 bits per heavy atom. The maximum absolute atomic E-state index is 11.8. The molecule has 1 aromatic heterocycles. The van der Waals surface area contributed by atoms with Gasteiger partial charge in [0.05, 0.1) is 13.2 Å². The zero-order valence-electron chi connectivity index (χ0n) is 9.41. The van der Waals surface area contributed by atoms with Gasteiger partial charge in [-0.2, -0.15) is 4.37 Å². The Morgan fingerprint density at radius 2 is 2.29 bits per heavy atom. The smallest absolute Gasteiger partial charge is 0.261 e. The molecule has 0 aliphatic carbocycles. The lowest BCUT2D eigenvalue weighted by Gasteiger charge is -2.07. The zero-order chi connectivity index (χ0) is 12.7. The number of nitrogens with zero attached hydrogens (tertiary/aromatic N) is 1. The minimum Gasteiger partial charge on any atom is -0.487 e. The first-order valence-corrected chi connectivity index (χ1v) is 5.90. The average molecular weight is 267 g/mol. The quantitative estimate of drug-likeness (QED) is 0.703. The van der Waals surface area contributed by atoms with Gasteiger partial charge in [0, 0.05) is 6.54 Å². The van der Waals surface area contributed by atoms with Gasteiger partial charge in [-0.25, -0.2) is 8.78 Å². The fraction of sp³-hybridized carbons (Fsp3) is 0.667. The van der Waals surface area contributed by atoms with Crippen LogP contribution in [0.4, 0.5) is 19.6 Å². The van der Waals surface area contributed by atoms with Crippen LogP contribution in [0.2, 0.25) is 0 Å². The van der Waals surface area contributed by atoms with Crippen molar-refractivity contribution in [2.75, 3.05) is 37.4 Å². The highest BCUT2D eigenvalue weighted by Crippen LogP contribution is 2.34. The number of nitrogens with two attached hydrogens (primary N) is 1. The summed E-state index contributed by atoms with van der Waals surface area (Å²) in [5.41, 5.74) is 5.60. The van der Waals surface area contributed by atoms with Gasteiger partial charge in [0.25, 0.3) is 6.43 Å². The predicted octanol–water partition coefficient (Wildman–Crippen LogP) is 1.82. The molecule has 0 aliphatic rings. The van der Waals surface area contributed by atoms with E-state index in [0.29, 0.717) is 29.7 Å². The van der Waals surface area contributed by atoms with Gasteiger partial charge in [-0.3, -0.25) is 0 Å². The maximum Gasteiger partial charge on any atom is 0.261 e. The lowest BCUT2D eigenvalue weighted by molar-refractivity contribution is 0.0215. The molecule has 0 aromatic carbocycles. The Bertz CT molecular complexity index is 336. The number of aromatic nitrogens is 1. The summed E-state index contributed by atoms with van der Waals surface area (Å²) in [7, 11) is 0. The number of hydrogen-bond donors (Lipinski definition) is 2. The Hall–Kier alpha value is -1.15. The van der Waals surface area contributed by atoms with Crippen LogP contribution in [0.5, 0.6) is 5.75 Å². The van der Waals surface area contributed by atoms with Crippen LogP contribution in [0.3, 0.4) is 0 Å². The minimum atomic E-state index is -2.44. The molecule has 0 atom stereocenters. The summed E-state index contributed by atoms with van der Waals surface area (Å²) in [6.45, 7) is 2.36. The van der Waals surface area contributed by atoms with Crippen LogP contribution in [0.25, 0.3) is 0 Å². The average Bonchev–Trinajstić information content (AvgIpc) is 2.61. The number of anilines is 2. The monoisotopic (exact) mass is 267 g/mol. The van der Waals surface area contributed by atoms with Gasteiger partial charge >= 0.3 is 0 Å². The van der Waals surface area contributed by atoms with Crippen LogP contribution in [-0.2, 0) is 4.74 Å². The van der Waals surface area contributed by atoms with E-state index in [1.165, 1.54) is 11.5 Å². The molecule has 17 heavy (non-hydrogen) atoms. The van der Waals surface area contributed by atoms with E-state index in [0.717, 1.165) is 0 Å². The molecular formula is C9H15F2N3O2S. The fourth-order valence-corrected chi connectivity index (χ4v) is 1.79. The summed E-state index contributed by atoms with van der Waals surface area (Å²) in [5, 5.41) is 3.66. The number of nitrogens with one attached hydrogen (secondary N) is 1. The second-order valence-corrected chi connectivity index (χ2v) is 3.83. The van der Waals surface area contributed by atoms with Crippen molar-refractivity contribution in [3.63, 3.8) is 0 Å². The molecular weight excluding hydrogens is 252 g/mol. The van der Waals surface area contributed by atoms with E-state index in [2.05, 4.69) is 9.69 Å². The molecule has 1 heterocycles. The molecule has 0 unspecified atom stereocenters. The molecule has 0 saturated heterocycles. The van der Waals surface area contributed by atoms with Crippen molar-refractivity contribution >= 4 is 22.4 Å². The summed E-state index contributed by atoms with van der Waals surface area (Å²) < 4.78 is 37.5. The van der Waals surface area contributed by atoms with E-state index in [9.17, 15) is 8.78 Å². The van der Waals surface area contributed by atoms with Crippen LogP contribution < -0.4 is 15.8 Å². The van der Waals surface area contributed by atoms with E-state index in [1.54, 1.807) is 0 Å². The standard InChI is InChI=1S/C9H15F2N3O2S/c1-2-16-7-8(12)14-17-9(7)13-3-4-15-5-6(10)11/h6,13H,2-5H2,1H3,(H2,12,14). The second-order valence-electron chi connectivity index (χ2n) is 3.05. The SMILES string of the molecule is CCOc1c(N)nsc1NCCOCC(F)F.